The van der Waals surface area contributed by atoms with E-state index in [1.807, 2.05) is 11.3 Å². The van der Waals surface area contributed by atoms with Crippen LogP contribution in [-0.4, -0.2) is 27.6 Å². The van der Waals surface area contributed by atoms with Crippen LogP contribution in [0.4, 0.5) is 0 Å². The van der Waals surface area contributed by atoms with Crippen LogP contribution in [-0.2, 0) is 6.54 Å². The summed E-state index contributed by atoms with van der Waals surface area (Å²) in [6.45, 7) is 4.59. The van der Waals surface area contributed by atoms with Gasteiger partial charge in [-0.2, -0.15) is 4.99 Å². The van der Waals surface area contributed by atoms with E-state index in [-0.39, 0.29) is 0 Å². The first-order chi connectivity index (χ1) is 29.2. The highest BCUT2D eigenvalue weighted by molar-refractivity contribution is 7.26. The summed E-state index contributed by atoms with van der Waals surface area (Å²) in [5.41, 5.74) is 7.43. The largest absolute Gasteiger partial charge is 0.309 e. The van der Waals surface area contributed by atoms with E-state index in [2.05, 4.69) is 192 Å². The molecule has 0 aliphatic carbocycles. The predicted molar refractivity (Wildman–Crippen MR) is 255 cm³/mol. The molecule has 12 rings (SSSR count). The lowest BCUT2D eigenvalue weighted by Crippen LogP contribution is -2.12. The Hall–Kier alpha value is -7.19. The first kappa shape index (κ1) is 33.9. The molecule has 0 atom stereocenters. The number of hydrogen-bond donors (Lipinski definition) is 0. The SMILES string of the molecule is C=NC(=NC(=NCc1ccc2sc3ccccc3c2c1)c1ccc2sc3ccccc3c2c1)n1c2ccccc2c2cc3c4ccccc4n(-c4ccccc4)c3cc21. The number of aromatic nitrogens is 2. The highest BCUT2D eigenvalue weighted by Crippen LogP contribution is 2.39. The average Bonchev–Trinajstić information content (AvgIpc) is 4.03. The Kier molecular flexibility index (Phi) is 7.73. The molecule has 0 fully saturated rings. The quantitative estimate of drug-likeness (QED) is 0.126. The van der Waals surface area contributed by atoms with Crippen LogP contribution in [0.15, 0.2) is 191 Å². The Morgan fingerprint density at radius 1 is 0.458 bits per heavy atom. The number of hydrogen-bond acceptors (Lipinski definition) is 3. The third-order valence-electron chi connectivity index (χ3n) is 11.5. The number of benzene rings is 8. The summed E-state index contributed by atoms with van der Waals surface area (Å²) in [5.74, 6) is 1.07. The van der Waals surface area contributed by atoms with Crippen molar-refractivity contribution in [1.82, 2.24) is 9.13 Å². The molecule has 0 bridgehead atoms. The van der Waals surface area contributed by atoms with Gasteiger partial charge >= 0.3 is 0 Å². The van der Waals surface area contributed by atoms with Crippen molar-refractivity contribution in [3.05, 3.63) is 187 Å². The molecule has 0 saturated carbocycles. The van der Waals surface area contributed by atoms with Crippen LogP contribution >= 0.6 is 22.7 Å². The predicted octanol–water partition coefficient (Wildman–Crippen LogP) is 14.2. The number of aliphatic imine (C=N–C) groups is 3. The van der Waals surface area contributed by atoms with Crippen molar-refractivity contribution in [2.24, 2.45) is 15.0 Å². The zero-order chi connectivity index (χ0) is 39.0. The fraction of sp³-hybridized carbons (Fsp3) is 0.0192. The van der Waals surface area contributed by atoms with E-state index in [0.29, 0.717) is 18.3 Å². The van der Waals surface area contributed by atoms with Crippen LogP contribution in [0.25, 0.3) is 89.6 Å². The molecule has 0 N–H and O–H groups in total. The van der Waals surface area contributed by atoms with Crippen LogP contribution in [0.5, 0.6) is 0 Å². The summed E-state index contributed by atoms with van der Waals surface area (Å²) >= 11 is 3.63. The first-order valence-corrected chi connectivity index (χ1v) is 21.3. The molecule has 7 heteroatoms. The molecule has 0 radical (unpaired) electrons. The highest BCUT2D eigenvalue weighted by Gasteiger charge is 2.20. The fourth-order valence-electron chi connectivity index (χ4n) is 8.85. The number of fused-ring (bicyclic) bond motifs is 12. The van der Waals surface area contributed by atoms with Crippen molar-refractivity contribution in [2.75, 3.05) is 0 Å². The minimum absolute atomic E-state index is 0.455. The van der Waals surface area contributed by atoms with Crippen molar-refractivity contribution in [2.45, 2.75) is 6.54 Å². The normalized spacial score (nSPS) is 12.7. The molecule has 5 nitrogen and oxygen atoms in total. The van der Waals surface area contributed by atoms with Crippen LogP contribution in [0.1, 0.15) is 11.1 Å². The minimum atomic E-state index is 0.455. The summed E-state index contributed by atoms with van der Waals surface area (Å²) in [6, 6.07) is 62.8. The Labute approximate surface area is 346 Å². The van der Waals surface area contributed by atoms with Crippen LogP contribution in [0.3, 0.4) is 0 Å². The Morgan fingerprint density at radius 2 is 1.03 bits per heavy atom. The summed E-state index contributed by atoms with van der Waals surface area (Å²) in [7, 11) is 0. The molecule has 12 aromatic rings. The average molecular weight is 792 g/mol. The lowest BCUT2D eigenvalue weighted by atomic mass is 10.1. The second kappa shape index (κ2) is 13.5. The summed E-state index contributed by atoms with van der Waals surface area (Å²) in [6.07, 6.45) is 0. The van der Waals surface area contributed by atoms with Crippen molar-refractivity contribution in [1.29, 1.82) is 0 Å². The van der Waals surface area contributed by atoms with Gasteiger partial charge in [0.05, 0.1) is 28.6 Å². The first-order valence-electron chi connectivity index (χ1n) is 19.6. The van der Waals surface area contributed by atoms with Gasteiger partial charge in [-0.3, -0.25) is 9.56 Å². The number of rotatable bonds is 4. The van der Waals surface area contributed by atoms with Gasteiger partial charge in [-0.25, -0.2) is 4.99 Å². The molecule has 0 unspecified atom stereocenters. The Morgan fingerprint density at radius 3 is 1.76 bits per heavy atom. The van der Waals surface area contributed by atoms with E-state index in [9.17, 15) is 0 Å². The standard InChI is InChI=1S/C52H33N5S2/c1-53-52(57-44-20-10-6-16-36(44)40-29-39-35-15-5-9-19-43(35)56(45(39)30-46(40)57)34-13-3-2-4-14-34)55-51(33-24-26-50-42(28-33)38-18-8-12-22-48(38)59-50)54-31-32-23-25-49-41(27-32)37-17-7-11-21-47(37)58-49/h2-30H,1,31H2. The van der Waals surface area contributed by atoms with Crippen molar-refractivity contribution in [3.63, 3.8) is 0 Å². The van der Waals surface area contributed by atoms with Gasteiger partial charge in [0.25, 0.3) is 0 Å². The monoisotopic (exact) mass is 791 g/mol. The number of thiophene rings is 2. The van der Waals surface area contributed by atoms with Crippen molar-refractivity contribution >= 4 is 125 Å². The number of amidine groups is 1. The van der Waals surface area contributed by atoms with Gasteiger partial charge < -0.3 is 4.57 Å². The number of para-hydroxylation sites is 3. The van der Waals surface area contributed by atoms with Crippen LogP contribution in [0, 0.1) is 0 Å². The molecule has 278 valence electrons. The molecule has 59 heavy (non-hydrogen) atoms. The lowest BCUT2D eigenvalue weighted by Gasteiger charge is -2.11. The number of nitrogens with zero attached hydrogens (tertiary/aromatic N) is 5. The van der Waals surface area contributed by atoms with Gasteiger partial charge in [0.1, 0.15) is 0 Å². The third kappa shape index (κ3) is 5.39. The fourth-order valence-corrected chi connectivity index (χ4v) is 11.0. The van der Waals surface area contributed by atoms with Gasteiger partial charge in [-0.15, -0.1) is 22.7 Å². The summed E-state index contributed by atoms with van der Waals surface area (Å²) in [4.78, 5) is 15.4. The van der Waals surface area contributed by atoms with Gasteiger partial charge in [0, 0.05) is 73.1 Å². The summed E-state index contributed by atoms with van der Waals surface area (Å²) in [5, 5.41) is 9.61. The molecule has 0 saturated heterocycles. The second-order valence-corrected chi connectivity index (χ2v) is 17.0. The maximum absolute atomic E-state index is 5.40. The Bertz CT molecular complexity index is 3730. The van der Waals surface area contributed by atoms with Crippen molar-refractivity contribution < 1.29 is 0 Å². The zero-order valence-corrected chi connectivity index (χ0v) is 33.3. The van der Waals surface area contributed by atoms with E-state index in [1.165, 1.54) is 51.1 Å². The van der Waals surface area contributed by atoms with E-state index in [4.69, 9.17) is 15.0 Å². The molecule has 0 amide bonds. The van der Waals surface area contributed by atoms with Gasteiger partial charge in [-0.05, 0) is 91.1 Å². The summed E-state index contributed by atoms with van der Waals surface area (Å²) < 4.78 is 9.56. The Balaban J connectivity index is 1.09. The van der Waals surface area contributed by atoms with Crippen LogP contribution in [0.2, 0.25) is 0 Å². The highest BCUT2D eigenvalue weighted by atomic mass is 32.1. The lowest BCUT2D eigenvalue weighted by molar-refractivity contribution is 1.06. The minimum Gasteiger partial charge on any atom is -0.309 e. The zero-order valence-electron chi connectivity index (χ0n) is 31.7. The van der Waals surface area contributed by atoms with Crippen LogP contribution < -0.4 is 0 Å². The topological polar surface area (TPSA) is 46.9 Å². The molecule has 0 aliphatic heterocycles. The molecule has 8 aromatic carbocycles. The van der Waals surface area contributed by atoms with Crippen molar-refractivity contribution in [3.8, 4) is 5.69 Å². The maximum Gasteiger partial charge on any atom is 0.236 e. The smallest absolute Gasteiger partial charge is 0.236 e. The second-order valence-electron chi connectivity index (χ2n) is 14.9. The molecular formula is C52H33N5S2. The van der Waals surface area contributed by atoms with Gasteiger partial charge in [-0.1, -0.05) is 97.1 Å². The van der Waals surface area contributed by atoms with Gasteiger partial charge in [0.15, 0.2) is 5.84 Å². The molecule has 0 spiro atoms. The van der Waals surface area contributed by atoms with E-state index in [1.54, 1.807) is 11.3 Å². The molecule has 0 aliphatic rings. The van der Waals surface area contributed by atoms with E-state index >= 15 is 0 Å². The third-order valence-corrected chi connectivity index (χ3v) is 13.8. The van der Waals surface area contributed by atoms with Gasteiger partial charge in [0.2, 0.25) is 5.96 Å². The molecular weight excluding hydrogens is 759 g/mol. The van der Waals surface area contributed by atoms with E-state index < -0.39 is 0 Å². The molecule has 4 aromatic heterocycles. The van der Waals surface area contributed by atoms with E-state index in [0.717, 1.165) is 49.7 Å². The molecule has 4 heterocycles. The maximum atomic E-state index is 5.40.